The summed E-state index contributed by atoms with van der Waals surface area (Å²) in [5.74, 6) is -13.0. The molecule has 0 aliphatic carbocycles. The summed E-state index contributed by atoms with van der Waals surface area (Å²) in [6.07, 6.45) is 5.35. The van der Waals surface area contributed by atoms with E-state index in [1.807, 2.05) is 44.4 Å². The fourth-order valence-corrected chi connectivity index (χ4v) is 13.4. The van der Waals surface area contributed by atoms with Crippen LogP contribution >= 0.6 is 11.8 Å². The van der Waals surface area contributed by atoms with E-state index in [-0.39, 0.29) is 143 Å². The Kier molecular flexibility index (Phi) is 40.4. The lowest BCUT2D eigenvalue weighted by Gasteiger charge is -2.32. The molecule has 118 heavy (non-hydrogen) atoms. The number of carbonyl (C=O) groups is 15. The number of nitrogens with one attached hydrogen (secondary N) is 12. The fourth-order valence-electron chi connectivity index (χ4n) is 13.0. The number of nitrogens with zero attached hydrogens (tertiary/aromatic N) is 5. The molecule has 3 heterocycles. The third-order valence-corrected chi connectivity index (χ3v) is 19.9. The summed E-state index contributed by atoms with van der Waals surface area (Å²) in [5, 5.41) is 57.4. The molecule has 6 rings (SSSR count). The first-order chi connectivity index (χ1) is 56.2. The monoisotopic (exact) mass is 1670 g/mol. The molecular formula is C78H113N19O20S. The van der Waals surface area contributed by atoms with E-state index < -0.39 is 169 Å². The molecule has 1 aliphatic heterocycles. The van der Waals surface area contributed by atoms with Crippen molar-refractivity contribution in [1.82, 2.24) is 87.7 Å². The molecule has 39 nitrogen and oxygen atoms in total. The number of benzene rings is 3. The Hall–Kier alpha value is -11.2. The summed E-state index contributed by atoms with van der Waals surface area (Å²) in [6.45, 7) is 7.49. The van der Waals surface area contributed by atoms with Crippen molar-refractivity contribution < 1.29 is 96.7 Å². The van der Waals surface area contributed by atoms with Crippen LogP contribution < -0.4 is 64.6 Å². The molecule has 1 saturated heterocycles. The third-order valence-electron chi connectivity index (χ3n) is 19.2. The number of primary amides is 2. The Morgan fingerprint density at radius 2 is 1.02 bits per heavy atom. The maximum absolute atomic E-state index is 14.8. The predicted molar refractivity (Wildman–Crippen MR) is 434 cm³/mol. The van der Waals surface area contributed by atoms with Gasteiger partial charge in [0.25, 0.3) is 0 Å². The van der Waals surface area contributed by atoms with Gasteiger partial charge in [-0.05, 0) is 78.0 Å². The van der Waals surface area contributed by atoms with E-state index in [0.29, 0.717) is 33.5 Å². The Labute approximate surface area is 687 Å². The predicted octanol–water partition coefficient (Wildman–Crippen LogP) is -3.08. The van der Waals surface area contributed by atoms with Gasteiger partial charge in [0.2, 0.25) is 70.9 Å². The number of aliphatic carboxylic acids is 3. The van der Waals surface area contributed by atoms with Gasteiger partial charge in [-0.15, -0.1) is 0 Å². The number of imidazole rings is 1. The van der Waals surface area contributed by atoms with Crippen LogP contribution in [0.1, 0.15) is 77.1 Å². The Balaban J connectivity index is 1.09. The summed E-state index contributed by atoms with van der Waals surface area (Å²) >= 11 is 1.45. The van der Waals surface area contributed by atoms with Crippen molar-refractivity contribution in [2.45, 2.75) is 128 Å². The van der Waals surface area contributed by atoms with Gasteiger partial charge in [0.1, 0.15) is 54.9 Å². The first-order valence-electron chi connectivity index (χ1n) is 39.0. The summed E-state index contributed by atoms with van der Waals surface area (Å²) in [4.78, 5) is 217. The van der Waals surface area contributed by atoms with Crippen LogP contribution in [0, 0.1) is 11.8 Å². The van der Waals surface area contributed by atoms with Gasteiger partial charge in [0.15, 0.2) is 0 Å². The zero-order valence-electron chi connectivity index (χ0n) is 67.3. The van der Waals surface area contributed by atoms with Gasteiger partial charge in [-0.2, -0.15) is 11.8 Å². The van der Waals surface area contributed by atoms with Crippen molar-refractivity contribution in [3.63, 3.8) is 0 Å². The fraction of sp³-hybridized carbons (Fsp3) is 0.538. The first-order valence-corrected chi connectivity index (χ1v) is 40.4. The second-order valence-electron chi connectivity index (χ2n) is 29.5. The van der Waals surface area contributed by atoms with Crippen molar-refractivity contribution in [1.29, 1.82) is 0 Å². The molecule has 40 heteroatoms. The highest BCUT2D eigenvalue weighted by Gasteiger charge is 2.36. The van der Waals surface area contributed by atoms with Gasteiger partial charge in [-0.1, -0.05) is 88.4 Å². The van der Waals surface area contributed by atoms with E-state index >= 15 is 0 Å². The quantitative estimate of drug-likeness (QED) is 0.0172. The Morgan fingerprint density at radius 3 is 1.60 bits per heavy atom. The second-order valence-corrected chi connectivity index (χ2v) is 30.5. The number of para-hydroxylation sites is 1. The minimum atomic E-state index is -1.59. The van der Waals surface area contributed by atoms with Gasteiger partial charge in [-0.3, -0.25) is 91.5 Å². The smallest absolute Gasteiger partial charge is 0.317 e. The van der Waals surface area contributed by atoms with Crippen LogP contribution in [-0.2, 0) is 101 Å². The molecule has 0 unspecified atom stereocenters. The van der Waals surface area contributed by atoms with E-state index in [0.717, 1.165) is 10.8 Å². The van der Waals surface area contributed by atoms with Crippen LogP contribution in [0.5, 0.6) is 0 Å². The molecule has 5 aromatic rings. The number of amides is 12. The molecule has 12 amide bonds. The molecule has 8 atom stereocenters. The average molecular weight is 1670 g/mol. The summed E-state index contributed by atoms with van der Waals surface area (Å²) in [7, 11) is 0. The number of carboxylic acid groups (broad SMARTS) is 3. The van der Waals surface area contributed by atoms with Crippen molar-refractivity contribution in [2.24, 2.45) is 23.3 Å². The number of hydrogen-bond donors (Lipinski definition) is 17. The molecule has 3 aromatic carbocycles. The van der Waals surface area contributed by atoms with E-state index in [1.54, 1.807) is 82.1 Å². The lowest BCUT2D eigenvalue weighted by molar-refractivity contribution is -0.140. The average Bonchev–Trinajstić information content (AvgIpc) is 1.54. The molecule has 1 fully saturated rings. The van der Waals surface area contributed by atoms with Crippen LogP contribution in [0.3, 0.4) is 0 Å². The number of rotatable bonds is 49. The molecule has 2 aromatic heterocycles. The minimum absolute atomic E-state index is 0.0153. The number of aromatic nitrogens is 3. The minimum Gasteiger partial charge on any atom is -0.480 e. The van der Waals surface area contributed by atoms with Gasteiger partial charge in [0, 0.05) is 114 Å². The third kappa shape index (κ3) is 34.2. The zero-order valence-corrected chi connectivity index (χ0v) is 68.1. The Morgan fingerprint density at radius 1 is 0.500 bits per heavy atom. The number of H-pyrrole nitrogens is 2. The number of ether oxygens (including phenoxy) is 2. The highest BCUT2D eigenvalue weighted by Crippen LogP contribution is 2.22. The van der Waals surface area contributed by atoms with E-state index in [1.165, 1.54) is 31.2 Å². The van der Waals surface area contributed by atoms with E-state index in [4.69, 9.17) is 20.9 Å². The number of thioether (sulfide) groups is 1. The SMILES string of the molecule is CSCC[C@H](NC(=O)[C@H](CC(C)C)NC(=O)[C@H](Cc1cnc[nH]1)NC(=O)CNC(=O)[C@@H](NC(=O)[C@H](C)NC(=O)[C@H](Cc1c[nH]c2ccccc12)NC(=O)[C@H](CCC(N)=O)NC(=O)[C@H](Cc1cccc2ccccc12)NC(=O)COCCOCCNC(=O)CN1CCN(CC(=O)O)CCN(CC(=O)O)CCN(CC(=O)O)CC1)C(C)C)C(N)=O. The maximum atomic E-state index is 14.8. The van der Waals surface area contributed by atoms with Crippen molar-refractivity contribution in [3.05, 3.63) is 102 Å². The van der Waals surface area contributed by atoms with Gasteiger partial charge >= 0.3 is 17.9 Å². The number of aromatic amines is 2. The van der Waals surface area contributed by atoms with Gasteiger partial charge in [-0.25, -0.2) is 4.98 Å². The molecule has 646 valence electrons. The second kappa shape index (κ2) is 49.8. The van der Waals surface area contributed by atoms with Gasteiger partial charge in [0.05, 0.1) is 58.9 Å². The van der Waals surface area contributed by atoms with Crippen LogP contribution in [0.4, 0.5) is 0 Å². The molecule has 19 N–H and O–H groups in total. The van der Waals surface area contributed by atoms with Crippen LogP contribution in [0.2, 0.25) is 0 Å². The van der Waals surface area contributed by atoms with Gasteiger partial charge < -0.3 is 99.4 Å². The standard InChI is InChI=1S/C78H113N19O20S/c1-47(2)34-59(75(112)89-57(71(80)108)20-33-118-6)91-77(114)62(37-53-39-81-46-85-53)87-64(99)40-84-78(115)70(48(3)4)93-72(109)49(5)86-74(111)61(36-52-38-83-56-17-10-9-16-55(52)56)92-73(110)58(18-19-63(79)98)90-76(113)60(35-51-14-11-13-50-12-7-8-15-54(50)51)88-66(101)45-117-32-31-116-30-21-82-65(100)41-94-22-24-95(42-67(102)103)26-28-97(44-69(106)107)29-27-96(25-23-94)43-68(104)105/h7-17,38-39,46-49,57-62,70,83H,18-37,40-45H2,1-6H3,(H2,79,98)(H2,80,108)(H,81,85)(H,82,100)(H,84,115)(H,86,111)(H,87,99)(H,88,101)(H,89,112)(H,90,113)(H,91,114)(H,92,110)(H,93,109)(H,102,103)(H,104,105)(H,106,107)/t49-,57-,58-,59-,60-,61-,62-,70-/m0/s1. The largest absolute Gasteiger partial charge is 0.480 e. The van der Waals surface area contributed by atoms with Crippen molar-refractivity contribution in [2.75, 3.05) is 130 Å². The molecular weight excluding hydrogens is 1560 g/mol. The van der Waals surface area contributed by atoms with Crippen LogP contribution in [-0.4, -0.2) is 317 Å². The zero-order chi connectivity index (χ0) is 86.4. The van der Waals surface area contributed by atoms with E-state index in [9.17, 15) is 87.2 Å². The number of nitrogens with two attached hydrogens (primary N) is 2. The molecule has 0 saturated carbocycles. The van der Waals surface area contributed by atoms with Crippen molar-refractivity contribution in [3.8, 4) is 0 Å². The lowest BCUT2D eigenvalue weighted by Crippen LogP contribution is -2.60. The van der Waals surface area contributed by atoms with Crippen molar-refractivity contribution >= 4 is 122 Å². The number of fused-ring (bicyclic) bond motifs is 2. The molecule has 0 radical (unpaired) electrons. The molecule has 1 aliphatic rings. The lowest BCUT2D eigenvalue weighted by atomic mass is 9.98. The maximum Gasteiger partial charge on any atom is 0.317 e. The summed E-state index contributed by atoms with van der Waals surface area (Å²) < 4.78 is 11.3. The number of carboxylic acids is 3. The van der Waals surface area contributed by atoms with Crippen LogP contribution in [0.25, 0.3) is 21.7 Å². The first kappa shape index (κ1) is 95.7. The Bertz CT molecular complexity index is 4170. The molecule has 0 spiro atoms. The summed E-state index contributed by atoms with van der Waals surface area (Å²) in [6, 6.07) is 9.07. The number of hydrogen-bond acceptors (Lipinski definition) is 23. The summed E-state index contributed by atoms with van der Waals surface area (Å²) in [5.41, 5.74) is 13.5. The number of carbonyl (C=O) groups excluding carboxylic acids is 12. The normalized spacial score (nSPS) is 15.4. The van der Waals surface area contributed by atoms with Crippen LogP contribution in [0.15, 0.2) is 85.5 Å². The molecule has 0 bridgehead atoms. The topological polar surface area (TPSA) is 565 Å². The highest BCUT2D eigenvalue weighted by atomic mass is 32.2. The van der Waals surface area contributed by atoms with E-state index in [2.05, 4.69) is 68.1 Å². The highest BCUT2D eigenvalue weighted by molar-refractivity contribution is 7.98.